The molecule has 2 aliphatic heterocycles. The molecule has 2 fully saturated rings. The Kier molecular flexibility index (Phi) is 6.52. The van der Waals surface area contributed by atoms with Crippen molar-refractivity contribution in [1.29, 1.82) is 0 Å². The average molecular weight is 567 g/mol. The van der Waals surface area contributed by atoms with Crippen molar-refractivity contribution >= 4 is 44.8 Å². The highest BCUT2D eigenvalue weighted by molar-refractivity contribution is 5.99. The molecule has 0 radical (unpaired) electrons. The van der Waals surface area contributed by atoms with Crippen LogP contribution in [0, 0.1) is 6.92 Å². The van der Waals surface area contributed by atoms with Gasteiger partial charge in [-0.15, -0.1) is 0 Å². The maximum absolute atomic E-state index is 13.4. The molecule has 2 atom stereocenters. The van der Waals surface area contributed by atoms with Crippen LogP contribution in [0.1, 0.15) is 44.4 Å². The van der Waals surface area contributed by atoms with E-state index in [0.717, 1.165) is 23.3 Å². The minimum Gasteiger partial charge on any atom is -0.478 e. The number of hydrogen-bond acceptors (Lipinski definition) is 7. The van der Waals surface area contributed by atoms with Crippen molar-refractivity contribution in [3.05, 3.63) is 87.3 Å². The second-order valence-corrected chi connectivity index (χ2v) is 11.2. The molecule has 42 heavy (non-hydrogen) atoms. The van der Waals surface area contributed by atoms with E-state index in [1.54, 1.807) is 42.5 Å². The summed E-state index contributed by atoms with van der Waals surface area (Å²) in [7, 11) is 0. The molecule has 214 valence electrons. The SMILES string of the molecule is Cc1ccc2oc3cc(C(=O)N4CCN(C[C@@H](c5nc6ccc(C(=O)O)cc6[nH]5)[C@H]5CCO5)CC4)ccc3c(=O)c2c1. The van der Waals surface area contributed by atoms with Crippen LogP contribution in [0.3, 0.4) is 0 Å². The molecule has 0 bridgehead atoms. The van der Waals surface area contributed by atoms with E-state index >= 15 is 0 Å². The molecule has 1 amide bonds. The summed E-state index contributed by atoms with van der Waals surface area (Å²) in [5.74, 6) is -0.274. The number of carboxylic acid groups (broad SMARTS) is 1. The number of fused-ring (bicyclic) bond motifs is 3. The zero-order chi connectivity index (χ0) is 29.0. The van der Waals surface area contributed by atoms with Crippen LogP contribution in [0.2, 0.25) is 0 Å². The summed E-state index contributed by atoms with van der Waals surface area (Å²) in [5, 5.41) is 10.3. The van der Waals surface area contributed by atoms with Gasteiger partial charge in [-0.1, -0.05) is 11.6 Å². The molecule has 2 saturated heterocycles. The van der Waals surface area contributed by atoms with Gasteiger partial charge in [0.1, 0.15) is 17.0 Å². The number of piperazine rings is 1. The fourth-order valence-electron chi connectivity index (χ4n) is 5.98. The number of ether oxygens (including phenoxy) is 1. The Morgan fingerprint density at radius 3 is 2.52 bits per heavy atom. The van der Waals surface area contributed by atoms with E-state index < -0.39 is 5.97 Å². The van der Waals surface area contributed by atoms with Crippen molar-refractivity contribution in [2.24, 2.45) is 0 Å². The van der Waals surface area contributed by atoms with Gasteiger partial charge < -0.3 is 24.1 Å². The Balaban J connectivity index is 1.06. The summed E-state index contributed by atoms with van der Waals surface area (Å²) in [6.07, 6.45) is 0.976. The van der Waals surface area contributed by atoms with Crippen LogP contribution < -0.4 is 5.43 Å². The largest absolute Gasteiger partial charge is 0.478 e. The van der Waals surface area contributed by atoms with Gasteiger partial charge in [0.25, 0.3) is 5.91 Å². The van der Waals surface area contributed by atoms with Crippen LogP contribution in [0.25, 0.3) is 33.0 Å². The Morgan fingerprint density at radius 1 is 1.00 bits per heavy atom. The molecule has 0 unspecified atom stereocenters. The summed E-state index contributed by atoms with van der Waals surface area (Å²) in [6, 6.07) is 15.5. The number of H-pyrrole nitrogens is 1. The number of aromatic amines is 1. The number of benzene rings is 3. The normalized spacial score (nSPS) is 18.4. The van der Waals surface area contributed by atoms with Gasteiger partial charge in [-0.2, -0.15) is 0 Å². The molecule has 0 spiro atoms. The van der Waals surface area contributed by atoms with Crippen LogP contribution in [0.15, 0.2) is 63.8 Å². The summed E-state index contributed by atoms with van der Waals surface area (Å²) < 4.78 is 11.9. The first-order valence-electron chi connectivity index (χ1n) is 14.2. The molecule has 3 aromatic carbocycles. The van der Waals surface area contributed by atoms with E-state index in [1.807, 2.05) is 24.0 Å². The highest BCUT2D eigenvalue weighted by atomic mass is 16.5. The molecular weight excluding hydrogens is 536 g/mol. The molecule has 4 heterocycles. The van der Waals surface area contributed by atoms with Crippen LogP contribution >= 0.6 is 0 Å². The second kappa shape index (κ2) is 10.4. The van der Waals surface area contributed by atoms with Crippen molar-refractivity contribution in [2.45, 2.75) is 25.4 Å². The first kappa shape index (κ1) is 26.4. The Labute approximate surface area is 240 Å². The van der Waals surface area contributed by atoms with E-state index in [2.05, 4.69) is 9.88 Å². The number of amides is 1. The lowest BCUT2D eigenvalue weighted by atomic mass is 9.94. The number of carbonyl (C=O) groups is 2. The van der Waals surface area contributed by atoms with Gasteiger partial charge >= 0.3 is 5.97 Å². The number of carboxylic acids is 1. The number of nitrogens with one attached hydrogen (secondary N) is 1. The fraction of sp³-hybridized carbons (Fsp3) is 0.312. The van der Waals surface area contributed by atoms with Gasteiger partial charge in [0.2, 0.25) is 5.43 Å². The van der Waals surface area contributed by atoms with E-state index in [1.165, 1.54) is 0 Å². The zero-order valence-corrected chi connectivity index (χ0v) is 23.1. The maximum Gasteiger partial charge on any atom is 0.335 e. The number of rotatable bonds is 6. The molecule has 5 aromatic rings. The van der Waals surface area contributed by atoms with Crippen molar-refractivity contribution in [2.75, 3.05) is 39.3 Å². The van der Waals surface area contributed by atoms with E-state index in [0.29, 0.717) is 72.3 Å². The molecule has 0 saturated carbocycles. The number of aryl methyl sites for hydroxylation is 1. The van der Waals surface area contributed by atoms with Gasteiger partial charge in [0, 0.05) is 44.9 Å². The topological polar surface area (TPSA) is 129 Å². The summed E-state index contributed by atoms with van der Waals surface area (Å²) in [4.78, 5) is 50.1. The van der Waals surface area contributed by atoms with Crippen molar-refractivity contribution in [1.82, 2.24) is 19.8 Å². The predicted molar refractivity (Wildman–Crippen MR) is 157 cm³/mol. The van der Waals surface area contributed by atoms with Crippen LogP contribution in [0.5, 0.6) is 0 Å². The summed E-state index contributed by atoms with van der Waals surface area (Å²) in [5.41, 5.74) is 3.93. The van der Waals surface area contributed by atoms with Crippen molar-refractivity contribution in [3.63, 3.8) is 0 Å². The molecule has 10 heteroatoms. The van der Waals surface area contributed by atoms with Crippen molar-refractivity contribution < 1.29 is 23.8 Å². The minimum atomic E-state index is -0.976. The maximum atomic E-state index is 13.4. The second-order valence-electron chi connectivity index (χ2n) is 11.2. The predicted octanol–water partition coefficient (Wildman–Crippen LogP) is 4.16. The lowest BCUT2D eigenvalue weighted by Gasteiger charge is -2.39. The fourth-order valence-corrected chi connectivity index (χ4v) is 5.98. The quantitative estimate of drug-likeness (QED) is 0.293. The van der Waals surface area contributed by atoms with Crippen molar-refractivity contribution in [3.8, 4) is 0 Å². The smallest absolute Gasteiger partial charge is 0.335 e. The lowest BCUT2D eigenvalue weighted by molar-refractivity contribution is -0.0736. The highest BCUT2D eigenvalue weighted by Gasteiger charge is 2.34. The summed E-state index contributed by atoms with van der Waals surface area (Å²) in [6.45, 7) is 5.90. The number of carbonyl (C=O) groups excluding carboxylic acids is 1. The van der Waals surface area contributed by atoms with Gasteiger partial charge in [-0.3, -0.25) is 14.5 Å². The summed E-state index contributed by atoms with van der Waals surface area (Å²) >= 11 is 0. The molecule has 7 rings (SSSR count). The Bertz CT molecular complexity index is 1920. The molecule has 2 N–H and O–H groups in total. The third kappa shape index (κ3) is 4.72. The third-order valence-electron chi connectivity index (χ3n) is 8.47. The van der Waals surface area contributed by atoms with Gasteiger partial charge in [0.15, 0.2) is 0 Å². The number of aromatic carboxylic acids is 1. The first-order chi connectivity index (χ1) is 20.3. The van der Waals surface area contributed by atoms with E-state index in [9.17, 15) is 19.5 Å². The molecule has 0 aliphatic carbocycles. The number of aromatic nitrogens is 2. The van der Waals surface area contributed by atoms with E-state index in [-0.39, 0.29) is 28.9 Å². The third-order valence-corrected chi connectivity index (χ3v) is 8.47. The van der Waals surface area contributed by atoms with Crippen LogP contribution in [0.4, 0.5) is 0 Å². The lowest BCUT2D eigenvalue weighted by Crippen LogP contribution is -2.51. The molecule has 2 aliphatic rings. The molecule has 10 nitrogen and oxygen atoms in total. The number of nitrogens with zero attached hydrogens (tertiary/aromatic N) is 3. The average Bonchev–Trinajstić information content (AvgIpc) is 3.40. The molecule has 2 aromatic heterocycles. The molecular formula is C32H30N4O6. The Hall–Kier alpha value is -4.54. The van der Waals surface area contributed by atoms with Gasteiger partial charge in [-0.05, 0) is 61.9 Å². The van der Waals surface area contributed by atoms with Gasteiger partial charge in [0.05, 0.1) is 39.4 Å². The van der Waals surface area contributed by atoms with Crippen LogP contribution in [-0.2, 0) is 4.74 Å². The Morgan fingerprint density at radius 2 is 1.79 bits per heavy atom. The zero-order valence-electron chi connectivity index (χ0n) is 23.1. The van der Waals surface area contributed by atoms with Gasteiger partial charge in [-0.25, -0.2) is 9.78 Å². The minimum absolute atomic E-state index is 0.00340. The monoisotopic (exact) mass is 566 g/mol. The highest BCUT2D eigenvalue weighted by Crippen LogP contribution is 2.31. The standard InChI is InChI=1S/C32H30N4O6/c1-18-2-7-27-22(14-18)29(37)21-5-3-19(16-28(21)42-27)31(38)36-11-9-35(10-12-36)17-23(26-8-13-41-26)30-33-24-6-4-20(32(39)40)15-25(24)34-30/h2-7,14-16,23,26H,8-13,17H2,1H3,(H,33,34)(H,39,40)/t23-,26-/m1/s1. The van der Waals surface area contributed by atoms with E-state index in [4.69, 9.17) is 14.1 Å². The number of imidazole rings is 1. The number of hydrogen-bond donors (Lipinski definition) is 2. The van der Waals surface area contributed by atoms with Crippen LogP contribution in [-0.4, -0.2) is 82.2 Å². The first-order valence-corrected chi connectivity index (χ1v) is 14.2.